The Hall–Kier alpha value is -2.23. The summed E-state index contributed by atoms with van der Waals surface area (Å²) in [4.78, 5) is 12.8. The van der Waals surface area contributed by atoms with Gasteiger partial charge in [0.1, 0.15) is 11.7 Å². The summed E-state index contributed by atoms with van der Waals surface area (Å²) in [6, 6.07) is 4.00. The van der Waals surface area contributed by atoms with Crippen molar-refractivity contribution in [2.45, 2.75) is 47.1 Å². The minimum Gasteiger partial charge on any atom is -0.510 e. The van der Waals surface area contributed by atoms with Gasteiger partial charge in [-0.1, -0.05) is 0 Å². The minimum absolute atomic E-state index is 0.0209. The molecule has 1 atom stereocenters. The molecule has 0 fully saturated rings. The van der Waals surface area contributed by atoms with E-state index in [-0.39, 0.29) is 11.5 Å². The molecule has 0 amide bonds. The number of aromatic nitrogens is 2. The lowest BCUT2D eigenvalue weighted by atomic mass is 9.75. The van der Waals surface area contributed by atoms with Crippen LogP contribution in [0.5, 0.6) is 0 Å². The molecular formula is C19H24N2O2. The number of carbonyl (C=O) groups excluding carboxylic acids is 1. The standard InChI is InChI=1S/C19H24N2O2/c1-7-21-11(3)9-15(13(21)5)17-18(22)16(19(17)23)14-8-10(2)20(6)12(14)4/h8-9,17,22H,7H2,1-6H3. The van der Waals surface area contributed by atoms with Gasteiger partial charge in [0, 0.05) is 41.9 Å². The van der Waals surface area contributed by atoms with Crippen LogP contribution in [0.3, 0.4) is 0 Å². The van der Waals surface area contributed by atoms with Gasteiger partial charge in [0.15, 0.2) is 5.78 Å². The predicted octanol–water partition coefficient (Wildman–Crippen LogP) is 3.72. The van der Waals surface area contributed by atoms with Crippen LogP contribution in [0, 0.1) is 27.7 Å². The SMILES string of the molecule is CCn1c(C)cc(C2C(=O)C(c3cc(C)n(C)c3C)=C2O)c1C. The van der Waals surface area contributed by atoms with Crippen molar-refractivity contribution in [3.8, 4) is 0 Å². The highest BCUT2D eigenvalue weighted by Gasteiger charge is 2.43. The van der Waals surface area contributed by atoms with Crippen LogP contribution in [-0.2, 0) is 18.4 Å². The molecule has 2 aromatic heterocycles. The van der Waals surface area contributed by atoms with Crippen molar-refractivity contribution in [2.75, 3.05) is 0 Å². The molecule has 122 valence electrons. The lowest BCUT2D eigenvalue weighted by Gasteiger charge is -2.28. The van der Waals surface area contributed by atoms with E-state index >= 15 is 0 Å². The Bertz CT molecular complexity index is 849. The van der Waals surface area contributed by atoms with Crippen molar-refractivity contribution >= 4 is 11.4 Å². The third-order valence-corrected chi connectivity index (χ3v) is 5.32. The van der Waals surface area contributed by atoms with E-state index in [0.29, 0.717) is 5.57 Å². The molecule has 1 aliphatic rings. The number of nitrogens with zero attached hydrogens (tertiary/aromatic N) is 2. The van der Waals surface area contributed by atoms with Crippen molar-refractivity contribution in [3.05, 3.63) is 51.8 Å². The smallest absolute Gasteiger partial charge is 0.182 e. The number of ketones is 1. The van der Waals surface area contributed by atoms with Gasteiger partial charge in [-0.25, -0.2) is 0 Å². The highest BCUT2D eigenvalue weighted by molar-refractivity contribution is 6.32. The molecular weight excluding hydrogens is 288 g/mol. The largest absolute Gasteiger partial charge is 0.510 e. The molecule has 2 heterocycles. The molecule has 0 saturated carbocycles. The molecule has 4 heteroatoms. The Morgan fingerprint density at radius 3 is 2.17 bits per heavy atom. The van der Waals surface area contributed by atoms with Gasteiger partial charge < -0.3 is 14.2 Å². The first-order valence-corrected chi connectivity index (χ1v) is 8.06. The molecule has 0 bridgehead atoms. The summed E-state index contributed by atoms with van der Waals surface area (Å²) in [5.41, 5.74) is 6.55. The Balaban J connectivity index is 2.08. The fourth-order valence-corrected chi connectivity index (χ4v) is 3.74. The van der Waals surface area contributed by atoms with Crippen LogP contribution >= 0.6 is 0 Å². The summed E-state index contributed by atoms with van der Waals surface area (Å²) in [5, 5.41) is 10.6. The zero-order chi connectivity index (χ0) is 17.0. The van der Waals surface area contributed by atoms with E-state index < -0.39 is 5.92 Å². The number of allylic oxidation sites excluding steroid dienone is 2. The van der Waals surface area contributed by atoms with Crippen LogP contribution in [0.15, 0.2) is 17.9 Å². The average Bonchev–Trinajstić information content (AvgIpc) is 2.91. The van der Waals surface area contributed by atoms with Crippen LogP contribution < -0.4 is 0 Å². The van der Waals surface area contributed by atoms with Crippen molar-refractivity contribution in [3.63, 3.8) is 0 Å². The van der Waals surface area contributed by atoms with Gasteiger partial charge in [-0.15, -0.1) is 0 Å². The summed E-state index contributed by atoms with van der Waals surface area (Å²) in [6.45, 7) is 11.0. The molecule has 0 radical (unpaired) electrons. The number of hydrogen-bond acceptors (Lipinski definition) is 2. The van der Waals surface area contributed by atoms with Gasteiger partial charge in [-0.05, 0) is 52.3 Å². The molecule has 3 rings (SSSR count). The summed E-state index contributed by atoms with van der Waals surface area (Å²) in [6.07, 6.45) is 0. The topological polar surface area (TPSA) is 47.2 Å². The van der Waals surface area contributed by atoms with Crippen LogP contribution in [0.25, 0.3) is 5.57 Å². The second-order valence-corrected chi connectivity index (χ2v) is 6.47. The minimum atomic E-state index is -0.503. The number of aryl methyl sites for hydroxylation is 2. The number of aliphatic hydroxyl groups excluding tert-OH is 1. The fraction of sp³-hybridized carbons (Fsp3) is 0.421. The first-order chi connectivity index (χ1) is 10.8. The van der Waals surface area contributed by atoms with Gasteiger partial charge >= 0.3 is 0 Å². The van der Waals surface area contributed by atoms with Gasteiger partial charge in [0.25, 0.3) is 0 Å². The van der Waals surface area contributed by atoms with E-state index in [2.05, 4.69) is 11.5 Å². The number of rotatable bonds is 3. The first-order valence-electron chi connectivity index (χ1n) is 8.06. The van der Waals surface area contributed by atoms with Crippen molar-refractivity contribution in [1.82, 2.24) is 9.13 Å². The van der Waals surface area contributed by atoms with E-state index in [0.717, 1.165) is 40.4 Å². The van der Waals surface area contributed by atoms with Crippen LogP contribution in [0.1, 0.15) is 46.7 Å². The van der Waals surface area contributed by atoms with Crippen molar-refractivity contribution < 1.29 is 9.90 Å². The summed E-state index contributed by atoms with van der Waals surface area (Å²) < 4.78 is 4.21. The summed E-state index contributed by atoms with van der Waals surface area (Å²) >= 11 is 0. The maximum absolute atomic E-state index is 12.8. The van der Waals surface area contributed by atoms with E-state index in [9.17, 15) is 9.90 Å². The summed E-state index contributed by atoms with van der Waals surface area (Å²) in [5.74, 6) is -0.274. The third kappa shape index (κ3) is 2.01. The molecule has 0 aromatic carbocycles. The van der Waals surface area contributed by atoms with Gasteiger partial charge in [-0.3, -0.25) is 4.79 Å². The highest BCUT2D eigenvalue weighted by Crippen LogP contribution is 2.45. The van der Waals surface area contributed by atoms with Crippen molar-refractivity contribution in [2.24, 2.45) is 7.05 Å². The Morgan fingerprint density at radius 2 is 1.74 bits per heavy atom. The Kier molecular flexibility index (Phi) is 3.51. The molecule has 1 unspecified atom stereocenters. The predicted molar refractivity (Wildman–Crippen MR) is 91.8 cm³/mol. The number of hydrogen-bond donors (Lipinski definition) is 1. The maximum Gasteiger partial charge on any atom is 0.182 e. The van der Waals surface area contributed by atoms with Crippen LogP contribution in [-0.4, -0.2) is 20.0 Å². The first kappa shape index (κ1) is 15.7. The molecule has 0 spiro atoms. The second kappa shape index (κ2) is 5.15. The van der Waals surface area contributed by atoms with Gasteiger partial charge in [0.05, 0.1) is 5.57 Å². The van der Waals surface area contributed by atoms with E-state index in [4.69, 9.17) is 0 Å². The van der Waals surface area contributed by atoms with E-state index in [1.54, 1.807) is 0 Å². The highest BCUT2D eigenvalue weighted by atomic mass is 16.3. The van der Waals surface area contributed by atoms with Crippen LogP contribution in [0.2, 0.25) is 0 Å². The van der Waals surface area contributed by atoms with E-state index in [1.807, 2.05) is 51.4 Å². The second-order valence-electron chi connectivity index (χ2n) is 6.47. The zero-order valence-corrected chi connectivity index (χ0v) is 14.7. The van der Waals surface area contributed by atoms with Crippen LogP contribution in [0.4, 0.5) is 0 Å². The molecule has 23 heavy (non-hydrogen) atoms. The molecule has 4 nitrogen and oxygen atoms in total. The number of aliphatic hydroxyl groups is 1. The lowest BCUT2D eigenvalue weighted by Crippen LogP contribution is -2.29. The normalized spacial score (nSPS) is 17.8. The zero-order valence-electron chi connectivity index (χ0n) is 14.7. The van der Waals surface area contributed by atoms with Crippen molar-refractivity contribution in [1.29, 1.82) is 0 Å². The lowest BCUT2D eigenvalue weighted by molar-refractivity contribution is -0.116. The Morgan fingerprint density at radius 1 is 1.09 bits per heavy atom. The Labute approximate surface area is 137 Å². The number of Topliss-reactive ketones (excluding diaryl/α,β-unsaturated/α-hetero) is 1. The fourth-order valence-electron chi connectivity index (χ4n) is 3.74. The molecule has 1 N–H and O–H groups in total. The average molecular weight is 312 g/mol. The molecule has 2 aromatic rings. The molecule has 1 aliphatic carbocycles. The molecule has 0 saturated heterocycles. The van der Waals surface area contributed by atoms with Gasteiger partial charge in [-0.2, -0.15) is 0 Å². The summed E-state index contributed by atoms with van der Waals surface area (Å²) in [7, 11) is 1.97. The monoisotopic (exact) mass is 312 g/mol. The van der Waals surface area contributed by atoms with E-state index in [1.165, 1.54) is 0 Å². The maximum atomic E-state index is 12.8. The van der Waals surface area contributed by atoms with Gasteiger partial charge in [0.2, 0.25) is 0 Å². The third-order valence-electron chi connectivity index (χ3n) is 5.32. The quantitative estimate of drug-likeness (QED) is 0.939. The molecule has 0 aliphatic heterocycles. The number of carbonyl (C=O) groups is 1.